The standard InChI is InChI=1S/C14H17FN2O/c15-12-5-2-1-4-10(12)8-11-9-18-14(17-11)13-6-3-7-16-13/h1-2,4-5,11,13,16H,3,6-9H2. The number of nitrogens with zero attached hydrogens (tertiary/aromatic N) is 1. The molecule has 2 unspecified atom stereocenters. The van der Waals surface area contributed by atoms with Crippen molar-refractivity contribution in [2.24, 2.45) is 4.99 Å². The quantitative estimate of drug-likeness (QED) is 0.886. The van der Waals surface area contributed by atoms with Crippen molar-refractivity contribution in [2.45, 2.75) is 31.3 Å². The predicted octanol–water partition coefficient (Wildman–Crippen LogP) is 1.92. The van der Waals surface area contributed by atoms with Crippen LogP contribution in [0.15, 0.2) is 29.3 Å². The first-order valence-electron chi connectivity index (χ1n) is 6.50. The Kier molecular flexibility index (Phi) is 3.28. The lowest BCUT2D eigenvalue weighted by Gasteiger charge is -2.08. The van der Waals surface area contributed by atoms with Gasteiger partial charge in [-0.2, -0.15) is 0 Å². The van der Waals surface area contributed by atoms with Gasteiger partial charge in [-0.05, 0) is 31.0 Å². The molecule has 1 fully saturated rings. The van der Waals surface area contributed by atoms with Crippen molar-refractivity contribution < 1.29 is 9.13 Å². The summed E-state index contributed by atoms with van der Waals surface area (Å²) in [7, 11) is 0. The SMILES string of the molecule is Fc1ccccc1CC1COC(C2CCCN2)=N1. The molecule has 2 atom stereocenters. The van der Waals surface area contributed by atoms with Gasteiger partial charge in [0.2, 0.25) is 5.90 Å². The number of ether oxygens (including phenoxy) is 1. The Hall–Kier alpha value is -1.42. The van der Waals surface area contributed by atoms with Crippen LogP contribution >= 0.6 is 0 Å². The maximum Gasteiger partial charge on any atom is 0.201 e. The number of halogens is 1. The lowest BCUT2D eigenvalue weighted by atomic mass is 10.1. The van der Waals surface area contributed by atoms with E-state index in [2.05, 4.69) is 10.3 Å². The summed E-state index contributed by atoms with van der Waals surface area (Å²) >= 11 is 0. The predicted molar refractivity (Wildman–Crippen MR) is 68.3 cm³/mol. The van der Waals surface area contributed by atoms with Crippen LogP contribution < -0.4 is 5.32 Å². The Morgan fingerprint density at radius 1 is 1.39 bits per heavy atom. The first-order valence-corrected chi connectivity index (χ1v) is 6.50. The van der Waals surface area contributed by atoms with Crippen LogP contribution in [-0.2, 0) is 11.2 Å². The highest BCUT2D eigenvalue weighted by Gasteiger charge is 2.28. The molecule has 0 radical (unpaired) electrons. The Morgan fingerprint density at radius 3 is 3.06 bits per heavy atom. The van der Waals surface area contributed by atoms with Crippen molar-refractivity contribution in [3.8, 4) is 0 Å². The largest absolute Gasteiger partial charge is 0.478 e. The van der Waals surface area contributed by atoms with Gasteiger partial charge in [-0.3, -0.25) is 0 Å². The van der Waals surface area contributed by atoms with Gasteiger partial charge < -0.3 is 10.1 Å². The molecule has 18 heavy (non-hydrogen) atoms. The van der Waals surface area contributed by atoms with Gasteiger partial charge in [0.15, 0.2) is 0 Å². The topological polar surface area (TPSA) is 33.6 Å². The summed E-state index contributed by atoms with van der Waals surface area (Å²) in [5, 5.41) is 3.36. The first kappa shape index (κ1) is 11.7. The summed E-state index contributed by atoms with van der Waals surface area (Å²) in [6, 6.07) is 7.21. The number of rotatable bonds is 3. The third-order valence-electron chi connectivity index (χ3n) is 3.51. The van der Waals surface area contributed by atoms with Crippen molar-refractivity contribution in [2.75, 3.05) is 13.2 Å². The van der Waals surface area contributed by atoms with Crippen molar-refractivity contribution >= 4 is 5.90 Å². The first-order chi connectivity index (χ1) is 8.83. The second-order valence-corrected chi connectivity index (χ2v) is 4.88. The number of hydrogen-bond donors (Lipinski definition) is 1. The van der Waals surface area contributed by atoms with Gasteiger partial charge in [0.25, 0.3) is 0 Å². The molecular formula is C14H17FN2O. The molecule has 2 aliphatic rings. The van der Waals surface area contributed by atoms with Gasteiger partial charge in [0, 0.05) is 6.42 Å². The van der Waals surface area contributed by atoms with E-state index in [0.717, 1.165) is 24.4 Å². The smallest absolute Gasteiger partial charge is 0.201 e. The van der Waals surface area contributed by atoms with E-state index >= 15 is 0 Å². The minimum atomic E-state index is -0.153. The van der Waals surface area contributed by atoms with Crippen molar-refractivity contribution in [1.82, 2.24) is 5.32 Å². The van der Waals surface area contributed by atoms with Crippen LogP contribution in [0.25, 0.3) is 0 Å². The highest BCUT2D eigenvalue weighted by Crippen LogP contribution is 2.18. The van der Waals surface area contributed by atoms with Crippen molar-refractivity contribution in [3.63, 3.8) is 0 Å². The molecule has 3 rings (SSSR count). The zero-order valence-electron chi connectivity index (χ0n) is 10.2. The number of benzene rings is 1. The van der Waals surface area contributed by atoms with Crippen LogP contribution in [0, 0.1) is 5.82 Å². The molecular weight excluding hydrogens is 231 g/mol. The van der Waals surface area contributed by atoms with E-state index in [9.17, 15) is 4.39 Å². The van der Waals surface area contributed by atoms with Crippen LogP contribution in [0.2, 0.25) is 0 Å². The average Bonchev–Trinajstić information content (AvgIpc) is 3.02. The summed E-state index contributed by atoms with van der Waals surface area (Å²) in [5.74, 6) is 0.661. The van der Waals surface area contributed by atoms with Crippen molar-refractivity contribution in [1.29, 1.82) is 0 Å². The molecule has 1 saturated heterocycles. The molecule has 0 aromatic heterocycles. The Morgan fingerprint density at radius 2 is 2.28 bits per heavy atom. The molecule has 0 spiro atoms. The van der Waals surface area contributed by atoms with Crippen LogP contribution in [0.3, 0.4) is 0 Å². The fourth-order valence-electron chi connectivity index (χ4n) is 2.54. The van der Waals surface area contributed by atoms with E-state index in [4.69, 9.17) is 4.74 Å². The zero-order valence-corrected chi connectivity index (χ0v) is 10.2. The molecule has 4 heteroatoms. The number of hydrogen-bond acceptors (Lipinski definition) is 3. The fraction of sp³-hybridized carbons (Fsp3) is 0.500. The maximum atomic E-state index is 13.5. The molecule has 1 aromatic rings. The fourth-order valence-corrected chi connectivity index (χ4v) is 2.54. The molecule has 0 saturated carbocycles. The third kappa shape index (κ3) is 2.38. The lowest BCUT2D eigenvalue weighted by Crippen LogP contribution is -2.30. The van der Waals surface area contributed by atoms with E-state index in [1.54, 1.807) is 6.07 Å². The molecule has 96 valence electrons. The minimum Gasteiger partial charge on any atom is -0.478 e. The monoisotopic (exact) mass is 248 g/mol. The Balaban J connectivity index is 1.66. The van der Waals surface area contributed by atoms with E-state index in [1.165, 1.54) is 12.5 Å². The summed E-state index contributed by atoms with van der Waals surface area (Å²) in [6.07, 6.45) is 2.87. The number of nitrogens with one attached hydrogen (secondary N) is 1. The highest BCUT2D eigenvalue weighted by atomic mass is 19.1. The molecule has 0 bridgehead atoms. The zero-order chi connectivity index (χ0) is 12.4. The van der Waals surface area contributed by atoms with E-state index in [1.807, 2.05) is 12.1 Å². The molecule has 2 heterocycles. The van der Waals surface area contributed by atoms with Gasteiger partial charge in [-0.1, -0.05) is 18.2 Å². The lowest BCUT2D eigenvalue weighted by molar-refractivity contribution is 0.301. The van der Waals surface area contributed by atoms with Gasteiger partial charge in [-0.15, -0.1) is 0 Å². The van der Waals surface area contributed by atoms with E-state index in [0.29, 0.717) is 13.0 Å². The van der Waals surface area contributed by atoms with Gasteiger partial charge in [0.05, 0.1) is 12.1 Å². The summed E-state index contributed by atoms with van der Waals surface area (Å²) in [6.45, 7) is 1.60. The highest BCUT2D eigenvalue weighted by molar-refractivity contribution is 5.83. The van der Waals surface area contributed by atoms with Gasteiger partial charge in [0.1, 0.15) is 12.4 Å². The minimum absolute atomic E-state index is 0.0549. The Labute approximate surface area is 106 Å². The molecule has 0 aliphatic carbocycles. The molecule has 3 nitrogen and oxygen atoms in total. The molecule has 1 N–H and O–H groups in total. The molecule has 1 aromatic carbocycles. The Bertz CT molecular complexity index is 455. The van der Waals surface area contributed by atoms with Crippen molar-refractivity contribution in [3.05, 3.63) is 35.6 Å². The normalized spacial score (nSPS) is 27.1. The summed E-state index contributed by atoms with van der Waals surface area (Å²) in [4.78, 5) is 4.57. The second-order valence-electron chi connectivity index (χ2n) is 4.88. The van der Waals surface area contributed by atoms with E-state index in [-0.39, 0.29) is 17.9 Å². The molecule has 2 aliphatic heterocycles. The van der Waals surface area contributed by atoms with Crippen LogP contribution in [-0.4, -0.2) is 31.1 Å². The van der Waals surface area contributed by atoms with Gasteiger partial charge in [-0.25, -0.2) is 9.38 Å². The van der Waals surface area contributed by atoms with E-state index < -0.39 is 0 Å². The molecule has 0 amide bonds. The third-order valence-corrected chi connectivity index (χ3v) is 3.51. The summed E-state index contributed by atoms with van der Waals surface area (Å²) in [5.41, 5.74) is 0.718. The second kappa shape index (κ2) is 5.06. The summed E-state index contributed by atoms with van der Waals surface area (Å²) < 4.78 is 19.2. The van der Waals surface area contributed by atoms with Gasteiger partial charge >= 0.3 is 0 Å². The van der Waals surface area contributed by atoms with Crippen LogP contribution in [0.5, 0.6) is 0 Å². The average molecular weight is 248 g/mol. The van der Waals surface area contributed by atoms with Crippen LogP contribution in [0.1, 0.15) is 18.4 Å². The number of aliphatic imine (C=N–C) groups is 1. The maximum absolute atomic E-state index is 13.5. The van der Waals surface area contributed by atoms with Crippen LogP contribution in [0.4, 0.5) is 4.39 Å².